The zero-order valence-corrected chi connectivity index (χ0v) is 12.7. The molecule has 1 fully saturated rings. The van der Waals surface area contributed by atoms with E-state index in [-0.39, 0.29) is 23.6 Å². The maximum Gasteiger partial charge on any atom is 0.407 e. The third-order valence-corrected chi connectivity index (χ3v) is 5.45. The highest BCUT2D eigenvalue weighted by atomic mass is 32.2. The van der Waals surface area contributed by atoms with Crippen LogP contribution in [0.1, 0.15) is 12.8 Å². The summed E-state index contributed by atoms with van der Waals surface area (Å²) in [6, 6.07) is 4.70. The van der Waals surface area contributed by atoms with Crippen molar-refractivity contribution < 1.29 is 26.3 Å². The van der Waals surface area contributed by atoms with E-state index in [4.69, 9.17) is 4.74 Å². The molecule has 1 aliphatic heterocycles. The Balaban J connectivity index is 2.02. The number of halogens is 3. The largest absolute Gasteiger partial charge is 0.407 e. The summed E-state index contributed by atoms with van der Waals surface area (Å²) in [5.74, 6) is 0. The average Bonchev–Trinajstić information content (AvgIpc) is 2.91. The summed E-state index contributed by atoms with van der Waals surface area (Å²) in [5.41, 5.74) is -2.31. The van der Waals surface area contributed by atoms with Gasteiger partial charge in [-0.2, -0.15) is 23.0 Å². The third-order valence-electron chi connectivity index (χ3n) is 3.90. The predicted octanol–water partition coefficient (Wildman–Crippen LogP) is 1.72. The molecular weight excluding hydrogens is 335 g/mol. The van der Waals surface area contributed by atoms with Crippen LogP contribution in [0.25, 0.3) is 5.52 Å². The normalized spacial score (nSPS) is 19.1. The van der Waals surface area contributed by atoms with Crippen molar-refractivity contribution in [1.82, 2.24) is 14.3 Å². The van der Waals surface area contributed by atoms with Crippen molar-refractivity contribution in [2.75, 3.05) is 13.2 Å². The second kappa shape index (κ2) is 5.46. The van der Waals surface area contributed by atoms with Crippen LogP contribution in [0.3, 0.4) is 0 Å². The van der Waals surface area contributed by atoms with Crippen molar-refractivity contribution in [3.05, 3.63) is 30.6 Å². The van der Waals surface area contributed by atoms with Gasteiger partial charge in [0.1, 0.15) is 10.4 Å². The van der Waals surface area contributed by atoms with Gasteiger partial charge in [0.15, 0.2) is 0 Å². The number of sulfonamides is 1. The van der Waals surface area contributed by atoms with Gasteiger partial charge in [0.2, 0.25) is 10.0 Å². The molecule has 2 aromatic heterocycles. The molecule has 1 N–H and O–H groups in total. The zero-order chi connectivity index (χ0) is 16.7. The molecule has 3 heterocycles. The van der Waals surface area contributed by atoms with Crippen molar-refractivity contribution in [3.63, 3.8) is 0 Å². The quantitative estimate of drug-likeness (QED) is 0.916. The summed E-state index contributed by atoms with van der Waals surface area (Å²) in [6.45, 7) is -0.312. The summed E-state index contributed by atoms with van der Waals surface area (Å²) in [5, 5.41) is 3.85. The Bertz CT molecular complexity index is 810. The van der Waals surface area contributed by atoms with Gasteiger partial charge in [-0.3, -0.25) is 0 Å². The standard InChI is InChI=1S/C13H14F3N3O3S/c14-13(15,16)12(4-7-22-8-5-12)18-23(20,21)11-9-17-19-6-2-1-3-10(11)19/h1-3,6,9,18H,4-5,7-8H2. The maximum absolute atomic E-state index is 13.5. The molecule has 0 spiro atoms. The Morgan fingerprint density at radius 3 is 2.61 bits per heavy atom. The van der Waals surface area contributed by atoms with Gasteiger partial charge in [-0.15, -0.1) is 0 Å². The van der Waals surface area contributed by atoms with Gasteiger partial charge in [-0.1, -0.05) is 6.07 Å². The first-order valence-electron chi connectivity index (χ1n) is 6.86. The molecule has 1 saturated heterocycles. The molecule has 23 heavy (non-hydrogen) atoms. The molecule has 0 saturated carbocycles. The minimum absolute atomic E-state index is 0.156. The summed E-state index contributed by atoms with van der Waals surface area (Å²) >= 11 is 0. The second-order valence-corrected chi connectivity index (χ2v) is 6.99. The van der Waals surface area contributed by atoms with Crippen LogP contribution in [0.4, 0.5) is 13.2 Å². The topological polar surface area (TPSA) is 72.7 Å². The number of pyridine rings is 1. The van der Waals surface area contributed by atoms with Crippen molar-refractivity contribution in [2.45, 2.75) is 29.5 Å². The fraction of sp³-hybridized carbons (Fsp3) is 0.462. The van der Waals surface area contributed by atoms with E-state index in [2.05, 4.69) is 5.10 Å². The first-order valence-corrected chi connectivity index (χ1v) is 8.34. The minimum atomic E-state index is -4.72. The molecule has 3 rings (SSSR count). The molecule has 0 bridgehead atoms. The molecule has 0 radical (unpaired) electrons. The average molecular weight is 349 g/mol. The Kier molecular flexibility index (Phi) is 3.85. The van der Waals surface area contributed by atoms with Crippen LogP contribution in [0, 0.1) is 0 Å². The van der Waals surface area contributed by atoms with E-state index in [0.29, 0.717) is 0 Å². The van der Waals surface area contributed by atoms with E-state index >= 15 is 0 Å². The Morgan fingerprint density at radius 1 is 1.26 bits per heavy atom. The van der Waals surface area contributed by atoms with Gasteiger partial charge in [0, 0.05) is 19.4 Å². The lowest BCUT2D eigenvalue weighted by molar-refractivity contribution is -0.210. The van der Waals surface area contributed by atoms with Crippen molar-refractivity contribution in [3.8, 4) is 0 Å². The minimum Gasteiger partial charge on any atom is -0.381 e. The molecule has 1 aliphatic rings. The van der Waals surface area contributed by atoms with E-state index in [1.807, 2.05) is 4.72 Å². The van der Waals surface area contributed by atoms with Crippen LogP contribution in [0.2, 0.25) is 0 Å². The Hall–Kier alpha value is -1.65. The van der Waals surface area contributed by atoms with Crippen LogP contribution >= 0.6 is 0 Å². The van der Waals surface area contributed by atoms with Gasteiger partial charge in [0.05, 0.1) is 11.7 Å². The molecule has 6 nitrogen and oxygen atoms in total. The van der Waals surface area contributed by atoms with Crippen LogP contribution in [0.5, 0.6) is 0 Å². The Labute approximate surface area is 130 Å². The van der Waals surface area contributed by atoms with E-state index in [1.54, 1.807) is 12.1 Å². The van der Waals surface area contributed by atoms with Crippen LogP contribution in [-0.2, 0) is 14.8 Å². The molecule has 0 amide bonds. The van der Waals surface area contributed by atoms with E-state index in [9.17, 15) is 21.6 Å². The zero-order valence-electron chi connectivity index (χ0n) is 11.9. The summed E-state index contributed by atoms with van der Waals surface area (Å²) in [4.78, 5) is -0.284. The molecule has 0 atom stereocenters. The van der Waals surface area contributed by atoms with Gasteiger partial charge in [0.25, 0.3) is 0 Å². The lowest BCUT2D eigenvalue weighted by Gasteiger charge is -2.38. The first kappa shape index (κ1) is 16.2. The summed E-state index contributed by atoms with van der Waals surface area (Å²) < 4.78 is 73.6. The number of aromatic nitrogens is 2. The summed E-state index contributed by atoms with van der Waals surface area (Å²) in [7, 11) is -4.39. The molecule has 0 unspecified atom stereocenters. The monoisotopic (exact) mass is 349 g/mol. The van der Waals surface area contributed by atoms with E-state index < -0.39 is 34.6 Å². The number of alkyl halides is 3. The summed E-state index contributed by atoms with van der Waals surface area (Å²) in [6.07, 6.45) is -3.08. The van der Waals surface area contributed by atoms with Crippen LogP contribution in [-0.4, -0.2) is 43.0 Å². The van der Waals surface area contributed by atoms with E-state index in [1.165, 1.54) is 16.8 Å². The number of rotatable bonds is 3. The molecule has 0 aliphatic carbocycles. The van der Waals surface area contributed by atoms with Gasteiger partial charge < -0.3 is 4.74 Å². The smallest absolute Gasteiger partial charge is 0.381 e. The van der Waals surface area contributed by atoms with E-state index in [0.717, 1.165) is 6.20 Å². The van der Waals surface area contributed by atoms with Gasteiger partial charge in [-0.25, -0.2) is 12.9 Å². The van der Waals surface area contributed by atoms with Crippen LogP contribution in [0.15, 0.2) is 35.5 Å². The number of nitrogens with zero attached hydrogens (tertiary/aromatic N) is 2. The highest BCUT2D eigenvalue weighted by Gasteiger charge is 2.57. The van der Waals surface area contributed by atoms with Gasteiger partial charge >= 0.3 is 6.18 Å². The second-order valence-electron chi connectivity index (χ2n) is 5.34. The number of fused-ring (bicyclic) bond motifs is 1. The SMILES string of the molecule is O=S(=O)(NC1(C(F)(F)F)CCOCC1)c1cnn2ccccc12. The fourth-order valence-corrected chi connectivity index (χ4v) is 4.16. The molecule has 10 heteroatoms. The first-order chi connectivity index (χ1) is 10.8. The number of hydrogen-bond donors (Lipinski definition) is 1. The predicted molar refractivity (Wildman–Crippen MR) is 74.4 cm³/mol. The maximum atomic E-state index is 13.5. The van der Waals surface area contributed by atoms with Gasteiger partial charge in [-0.05, 0) is 25.0 Å². The lowest BCUT2D eigenvalue weighted by Crippen LogP contribution is -2.61. The molecule has 126 valence electrons. The van der Waals surface area contributed by atoms with Crippen molar-refractivity contribution >= 4 is 15.5 Å². The molecular formula is C13H14F3N3O3S. The highest BCUT2D eigenvalue weighted by Crippen LogP contribution is 2.39. The van der Waals surface area contributed by atoms with Crippen molar-refractivity contribution in [2.24, 2.45) is 0 Å². The number of ether oxygens (including phenoxy) is 1. The number of hydrogen-bond acceptors (Lipinski definition) is 4. The van der Waals surface area contributed by atoms with Crippen molar-refractivity contribution in [1.29, 1.82) is 0 Å². The Morgan fingerprint density at radius 2 is 1.96 bits per heavy atom. The lowest BCUT2D eigenvalue weighted by atomic mass is 9.91. The third kappa shape index (κ3) is 2.81. The molecule has 2 aromatic rings. The highest BCUT2D eigenvalue weighted by molar-refractivity contribution is 7.89. The number of nitrogens with one attached hydrogen (secondary N) is 1. The fourth-order valence-electron chi connectivity index (χ4n) is 2.59. The molecule has 0 aromatic carbocycles. The van der Waals surface area contributed by atoms with Crippen LogP contribution < -0.4 is 4.72 Å².